The topological polar surface area (TPSA) is 56.0 Å². The zero-order valence-corrected chi connectivity index (χ0v) is 12.1. The predicted molar refractivity (Wildman–Crippen MR) is 77.9 cm³/mol. The van der Waals surface area contributed by atoms with E-state index in [0.29, 0.717) is 16.7 Å². The summed E-state index contributed by atoms with van der Waals surface area (Å²) in [5.41, 5.74) is 0.676. The SMILES string of the molecule is CC(C(=O)c1ccccc1)c1nc(C2CCCS2)no1. The molecule has 1 aromatic heterocycles. The molecule has 0 spiro atoms. The largest absolute Gasteiger partial charge is 0.339 e. The van der Waals surface area contributed by atoms with Gasteiger partial charge >= 0.3 is 0 Å². The number of aromatic nitrogens is 2. The number of nitrogens with zero attached hydrogens (tertiary/aromatic N) is 2. The third-order valence-corrected chi connectivity index (χ3v) is 4.87. The van der Waals surface area contributed by atoms with Gasteiger partial charge in [0.2, 0.25) is 5.89 Å². The number of hydrogen-bond acceptors (Lipinski definition) is 5. The van der Waals surface area contributed by atoms with E-state index in [2.05, 4.69) is 10.1 Å². The van der Waals surface area contributed by atoms with Gasteiger partial charge in [0.25, 0.3) is 0 Å². The van der Waals surface area contributed by atoms with E-state index in [0.717, 1.165) is 18.0 Å². The highest BCUT2D eigenvalue weighted by molar-refractivity contribution is 7.99. The molecule has 20 heavy (non-hydrogen) atoms. The van der Waals surface area contributed by atoms with Crippen LogP contribution in [0.25, 0.3) is 0 Å². The number of rotatable bonds is 4. The molecule has 1 aromatic carbocycles. The Kier molecular flexibility index (Phi) is 3.87. The summed E-state index contributed by atoms with van der Waals surface area (Å²) in [6, 6.07) is 9.22. The standard InChI is InChI=1S/C15H16N2O2S/c1-10(13(18)11-6-3-2-4-7-11)15-16-14(17-19-15)12-8-5-9-20-12/h2-4,6-7,10,12H,5,8-9H2,1H3. The van der Waals surface area contributed by atoms with Crippen LogP contribution in [0.15, 0.2) is 34.9 Å². The van der Waals surface area contributed by atoms with Crippen molar-refractivity contribution in [3.05, 3.63) is 47.6 Å². The molecule has 104 valence electrons. The number of benzene rings is 1. The lowest BCUT2D eigenvalue weighted by molar-refractivity contribution is 0.0951. The molecular weight excluding hydrogens is 272 g/mol. The van der Waals surface area contributed by atoms with Gasteiger partial charge in [-0.25, -0.2) is 0 Å². The zero-order chi connectivity index (χ0) is 13.9. The average molecular weight is 288 g/mol. The van der Waals surface area contributed by atoms with Crippen LogP contribution in [-0.4, -0.2) is 21.7 Å². The summed E-state index contributed by atoms with van der Waals surface area (Å²) in [5, 5.41) is 4.36. The quantitative estimate of drug-likeness (QED) is 0.804. The molecule has 4 nitrogen and oxygen atoms in total. The van der Waals surface area contributed by atoms with Gasteiger partial charge in [-0.1, -0.05) is 35.5 Å². The average Bonchev–Trinajstić information content (AvgIpc) is 3.17. The van der Waals surface area contributed by atoms with E-state index in [1.54, 1.807) is 0 Å². The Balaban J connectivity index is 1.77. The van der Waals surface area contributed by atoms with Gasteiger partial charge in [0.1, 0.15) is 0 Å². The third kappa shape index (κ3) is 2.63. The second-order valence-electron chi connectivity index (χ2n) is 4.94. The maximum atomic E-state index is 12.3. The fraction of sp³-hybridized carbons (Fsp3) is 0.400. The fourth-order valence-electron chi connectivity index (χ4n) is 2.30. The van der Waals surface area contributed by atoms with Crippen LogP contribution in [0.1, 0.15) is 53.0 Å². The molecule has 2 heterocycles. The van der Waals surface area contributed by atoms with E-state index in [1.165, 1.54) is 6.42 Å². The van der Waals surface area contributed by atoms with E-state index >= 15 is 0 Å². The fourth-order valence-corrected chi connectivity index (χ4v) is 3.50. The van der Waals surface area contributed by atoms with Gasteiger partial charge in [0.05, 0.1) is 11.2 Å². The van der Waals surface area contributed by atoms with Crippen LogP contribution >= 0.6 is 11.8 Å². The molecule has 0 bridgehead atoms. The number of hydrogen-bond donors (Lipinski definition) is 0. The van der Waals surface area contributed by atoms with E-state index in [1.807, 2.05) is 49.0 Å². The van der Waals surface area contributed by atoms with Crippen LogP contribution in [0.4, 0.5) is 0 Å². The van der Waals surface area contributed by atoms with Gasteiger partial charge in [-0.2, -0.15) is 16.7 Å². The molecule has 2 unspecified atom stereocenters. The molecule has 0 N–H and O–H groups in total. The lowest BCUT2D eigenvalue weighted by atomic mass is 9.99. The van der Waals surface area contributed by atoms with E-state index in [-0.39, 0.29) is 5.78 Å². The molecule has 1 fully saturated rings. The normalized spacial score (nSPS) is 19.9. The van der Waals surface area contributed by atoms with Crippen molar-refractivity contribution in [3.8, 4) is 0 Å². The second kappa shape index (κ2) is 5.79. The number of thioether (sulfide) groups is 1. The Hall–Kier alpha value is -1.62. The van der Waals surface area contributed by atoms with Gasteiger partial charge in [-0.3, -0.25) is 4.79 Å². The van der Waals surface area contributed by atoms with Gasteiger partial charge in [-0.15, -0.1) is 0 Å². The maximum Gasteiger partial charge on any atom is 0.237 e. The van der Waals surface area contributed by atoms with Crippen molar-refractivity contribution in [3.63, 3.8) is 0 Å². The predicted octanol–water partition coefficient (Wildman–Crippen LogP) is 3.62. The molecule has 0 radical (unpaired) electrons. The smallest absolute Gasteiger partial charge is 0.237 e. The molecule has 1 aliphatic heterocycles. The first-order valence-corrected chi connectivity index (χ1v) is 7.85. The first-order chi connectivity index (χ1) is 9.75. The van der Waals surface area contributed by atoms with Crippen molar-refractivity contribution >= 4 is 17.5 Å². The molecule has 0 aliphatic carbocycles. The first kappa shape index (κ1) is 13.4. The first-order valence-electron chi connectivity index (χ1n) is 6.80. The lowest BCUT2D eigenvalue weighted by Gasteiger charge is -2.05. The van der Waals surface area contributed by atoms with Gasteiger partial charge < -0.3 is 4.52 Å². The Morgan fingerprint density at radius 2 is 2.20 bits per heavy atom. The van der Waals surface area contributed by atoms with Crippen molar-refractivity contribution < 1.29 is 9.32 Å². The summed E-state index contributed by atoms with van der Waals surface area (Å²) in [4.78, 5) is 16.8. The van der Waals surface area contributed by atoms with Crippen molar-refractivity contribution in [2.24, 2.45) is 0 Å². The monoisotopic (exact) mass is 288 g/mol. The molecule has 0 amide bonds. The maximum absolute atomic E-state index is 12.3. The summed E-state index contributed by atoms with van der Waals surface area (Å²) in [6.07, 6.45) is 2.28. The van der Waals surface area contributed by atoms with Crippen molar-refractivity contribution in [1.82, 2.24) is 10.1 Å². The minimum Gasteiger partial charge on any atom is -0.339 e. The van der Waals surface area contributed by atoms with Crippen LogP contribution in [0.3, 0.4) is 0 Å². The summed E-state index contributed by atoms with van der Waals surface area (Å²) >= 11 is 1.86. The summed E-state index contributed by atoms with van der Waals surface area (Å²) < 4.78 is 5.29. The minimum atomic E-state index is -0.398. The minimum absolute atomic E-state index is 0.0138. The highest BCUT2D eigenvalue weighted by Gasteiger charge is 2.27. The van der Waals surface area contributed by atoms with Gasteiger partial charge in [0.15, 0.2) is 11.6 Å². The summed E-state index contributed by atoms with van der Waals surface area (Å²) in [6.45, 7) is 1.81. The van der Waals surface area contributed by atoms with E-state index < -0.39 is 5.92 Å². The Bertz CT molecular complexity index is 591. The molecule has 1 saturated heterocycles. The number of carbonyl (C=O) groups excluding carboxylic acids is 1. The number of ketones is 1. The summed E-state index contributed by atoms with van der Waals surface area (Å²) in [5.74, 6) is 1.91. The van der Waals surface area contributed by atoms with E-state index in [9.17, 15) is 4.79 Å². The van der Waals surface area contributed by atoms with Gasteiger partial charge in [0, 0.05) is 5.56 Å². The molecule has 2 aromatic rings. The lowest BCUT2D eigenvalue weighted by Crippen LogP contribution is -2.10. The van der Waals surface area contributed by atoms with E-state index in [4.69, 9.17) is 4.52 Å². The third-order valence-electron chi connectivity index (χ3n) is 3.50. The van der Waals surface area contributed by atoms with Crippen molar-refractivity contribution in [2.75, 3.05) is 5.75 Å². The second-order valence-corrected chi connectivity index (χ2v) is 6.26. The highest BCUT2D eigenvalue weighted by Crippen LogP contribution is 2.38. The highest BCUT2D eigenvalue weighted by atomic mass is 32.2. The summed E-state index contributed by atoms with van der Waals surface area (Å²) in [7, 11) is 0. The molecule has 5 heteroatoms. The van der Waals surface area contributed by atoms with Crippen LogP contribution < -0.4 is 0 Å². The number of carbonyl (C=O) groups is 1. The van der Waals surface area contributed by atoms with Gasteiger partial charge in [-0.05, 0) is 25.5 Å². The molecule has 0 saturated carbocycles. The van der Waals surface area contributed by atoms with Crippen molar-refractivity contribution in [2.45, 2.75) is 30.9 Å². The Morgan fingerprint density at radius 1 is 1.40 bits per heavy atom. The van der Waals surface area contributed by atoms with Crippen molar-refractivity contribution in [1.29, 1.82) is 0 Å². The molecular formula is C15H16N2O2S. The van der Waals surface area contributed by atoms with Crippen LogP contribution in [0, 0.1) is 0 Å². The molecule has 2 atom stereocenters. The Morgan fingerprint density at radius 3 is 2.90 bits per heavy atom. The van der Waals surface area contributed by atoms with Crippen LogP contribution in [-0.2, 0) is 0 Å². The van der Waals surface area contributed by atoms with Crippen LogP contribution in [0.5, 0.6) is 0 Å². The number of Topliss-reactive ketones (excluding diaryl/α,β-unsaturated/α-hetero) is 1. The zero-order valence-electron chi connectivity index (χ0n) is 11.3. The molecule has 1 aliphatic rings. The molecule has 3 rings (SSSR count). The van der Waals surface area contributed by atoms with Crippen LogP contribution in [0.2, 0.25) is 0 Å². The Labute approximate surface area is 122 Å².